The second-order valence-corrected chi connectivity index (χ2v) is 7.27. The second kappa shape index (κ2) is 8.56. The molecule has 0 aliphatic carbocycles. The lowest BCUT2D eigenvalue weighted by molar-refractivity contribution is -0.134. The summed E-state index contributed by atoms with van der Waals surface area (Å²) in [5.41, 5.74) is 3.01. The zero-order valence-electron chi connectivity index (χ0n) is 17.2. The molecule has 0 saturated carbocycles. The highest BCUT2D eigenvalue weighted by atomic mass is 16.5. The summed E-state index contributed by atoms with van der Waals surface area (Å²) in [5.74, 6) is 0.484. The van der Waals surface area contributed by atoms with Crippen LogP contribution in [0.4, 0.5) is 0 Å². The number of ether oxygens (including phenoxy) is 2. The maximum atomic E-state index is 11.6. The summed E-state index contributed by atoms with van der Waals surface area (Å²) in [6.07, 6.45) is 3.44. The maximum Gasteiger partial charge on any atom is 0.330 e. The maximum absolute atomic E-state index is 11.6. The minimum Gasteiger partial charge on any atom is -0.497 e. The third-order valence-corrected chi connectivity index (χ3v) is 5.63. The quantitative estimate of drug-likeness (QED) is 0.255. The van der Waals surface area contributed by atoms with Gasteiger partial charge in [-0.05, 0) is 28.8 Å². The lowest BCUT2D eigenvalue weighted by atomic mass is 9.76. The van der Waals surface area contributed by atoms with Crippen molar-refractivity contribution in [3.8, 4) is 5.75 Å². The van der Waals surface area contributed by atoms with E-state index in [0.29, 0.717) is 0 Å². The third kappa shape index (κ3) is 3.62. The number of carbonyl (C=O) groups excluding carboxylic acids is 1. The van der Waals surface area contributed by atoms with Gasteiger partial charge in [-0.25, -0.2) is 4.79 Å². The standard InChI is InChI=1S/C26H25NO3/c1-29-24-16-13-22(14-17-24)26(20-9-5-3-6-10-20,21-11-7-4-8-12-21)27-19-23(27)15-18-25(28)30-2/h3-18,23H,19H2,1-2H3/b18-15+/t23-,27?/m1/s1. The molecule has 4 rings (SSSR count). The fourth-order valence-corrected chi connectivity index (χ4v) is 4.15. The lowest BCUT2D eigenvalue weighted by Gasteiger charge is -2.38. The predicted molar refractivity (Wildman–Crippen MR) is 117 cm³/mol. The van der Waals surface area contributed by atoms with Crippen molar-refractivity contribution in [1.29, 1.82) is 0 Å². The normalized spacial score (nSPS) is 18.2. The van der Waals surface area contributed by atoms with Gasteiger partial charge in [0.05, 0.1) is 19.8 Å². The van der Waals surface area contributed by atoms with Gasteiger partial charge in [-0.15, -0.1) is 0 Å². The van der Waals surface area contributed by atoms with Gasteiger partial charge in [0.15, 0.2) is 0 Å². The molecule has 4 heteroatoms. The first-order chi connectivity index (χ1) is 14.7. The van der Waals surface area contributed by atoms with Crippen LogP contribution in [0.25, 0.3) is 0 Å². The van der Waals surface area contributed by atoms with Gasteiger partial charge < -0.3 is 9.47 Å². The smallest absolute Gasteiger partial charge is 0.330 e. The van der Waals surface area contributed by atoms with Crippen molar-refractivity contribution in [3.63, 3.8) is 0 Å². The Balaban J connectivity index is 1.89. The number of esters is 1. The molecule has 1 heterocycles. The Morgan fingerprint density at radius 1 is 0.867 bits per heavy atom. The first kappa shape index (κ1) is 19.9. The van der Waals surface area contributed by atoms with Crippen molar-refractivity contribution in [2.45, 2.75) is 11.6 Å². The van der Waals surface area contributed by atoms with Gasteiger partial charge in [0.2, 0.25) is 0 Å². The molecule has 1 fully saturated rings. The molecule has 0 N–H and O–H groups in total. The summed E-state index contributed by atoms with van der Waals surface area (Å²) >= 11 is 0. The SMILES string of the molecule is COC(=O)/C=C/[C@@H]1CN1C(c1ccccc1)(c1ccccc1)c1ccc(OC)cc1. The molecule has 4 nitrogen and oxygen atoms in total. The number of hydrogen-bond donors (Lipinski definition) is 0. The van der Waals surface area contributed by atoms with E-state index in [1.54, 1.807) is 7.11 Å². The van der Waals surface area contributed by atoms with Gasteiger partial charge in [0, 0.05) is 18.7 Å². The molecule has 1 aliphatic rings. The number of benzene rings is 3. The van der Waals surface area contributed by atoms with E-state index in [4.69, 9.17) is 9.47 Å². The van der Waals surface area contributed by atoms with Gasteiger partial charge in [0.25, 0.3) is 0 Å². The van der Waals surface area contributed by atoms with Crippen LogP contribution < -0.4 is 4.74 Å². The molecular weight excluding hydrogens is 374 g/mol. The number of rotatable bonds is 7. The molecule has 30 heavy (non-hydrogen) atoms. The Kier molecular flexibility index (Phi) is 5.68. The third-order valence-electron chi connectivity index (χ3n) is 5.63. The molecule has 0 radical (unpaired) electrons. The van der Waals surface area contributed by atoms with E-state index < -0.39 is 5.54 Å². The molecular formula is C26H25NO3. The van der Waals surface area contributed by atoms with Crippen LogP contribution in [0.2, 0.25) is 0 Å². The average Bonchev–Trinajstić information content (AvgIpc) is 3.60. The van der Waals surface area contributed by atoms with E-state index in [2.05, 4.69) is 65.6 Å². The van der Waals surface area contributed by atoms with Gasteiger partial charge in [-0.1, -0.05) is 78.9 Å². The summed E-state index contributed by atoms with van der Waals surface area (Å²) in [6.45, 7) is 0.837. The predicted octanol–water partition coefficient (Wildman–Crippen LogP) is 4.40. The van der Waals surface area contributed by atoms with Crippen LogP contribution in [0.1, 0.15) is 16.7 Å². The first-order valence-corrected chi connectivity index (χ1v) is 9.98. The molecule has 1 saturated heterocycles. The molecule has 0 aromatic heterocycles. The van der Waals surface area contributed by atoms with Crippen LogP contribution in [0.15, 0.2) is 97.1 Å². The summed E-state index contributed by atoms with van der Waals surface area (Å²) in [5, 5.41) is 0. The van der Waals surface area contributed by atoms with Crippen molar-refractivity contribution in [2.75, 3.05) is 20.8 Å². The minimum absolute atomic E-state index is 0.131. The molecule has 0 bridgehead atoms. The molecule has 152 valence electrons. The van der Waals surface area contributed by atoms with E-state index in [1.807, 2.05) is 30.3 Å². The Morgan fingerprint density at radius 2 is 1.40 bits per heavy atom. The molecule has 0 amide bonds. The fourth-order valence-electron chi connectivity index (χ4n) is 4.15. The Hall–Kier alpha value is -3.37. The van der Waals surface area contributed by atoms with E-state index >= 15 is 0 Å². The minimum atomic E-state index is -0.486. The highest BCUT2D eigenvalue weighted by Crippen LogP contribution is 2.48. The van der Waals surface area contributed by atoms with Gasteiger partial charge in [0.1, 0.15) is 5.75 Å². The van der Waals surface area contributed by atoms with Crippen molar-refractivity contribution < 1.29 is 14.3 Å². The number of carbonyl (C=O) groups is 1. The Morgan fingerprint density at radius 3 is 1.90 bits per heavy atom. The molecule has 1 aliphatic heterocycles. The van der Waals surface area contributed by atoms with Crippen molar-refractivity contribution >= 4 is 5.97 Å². The highest BCUT2D eigenvalue weighted by molar-refractivity contribution is 5.82. The fraction of sp³-hybridized carbons (Fsp3) is 0.192. The number of methoxy groups -OCH3 is 2. The Labute approximate surface area is 177 Å². The summed E-state index contributed by atoms with van der Waals surface area (Å²) < 4.78 is 10.2. The van der Waals surface area contributed by atoms with Crippen LogP contribution >= 0.6 is 0 Å². The molecule has 3 aromatic carbocycles. The summed E-state index contributed by atoms with van der Waals surface area (Å²) in [7, 11) is 3.07. The van der Waals surface area contributed by atoms with Crippen LogP contribution in [0.5, 0.6) is 5.75 Å². The number of hydrogen-bond acceptors (Lipinski definition) is 4. The molecule has 3 aromatic rings. The van der Waals surface area contributed by atoms with Crippen LogP contribution in [0.3, 0.4) is 0 Å². The highest BCUT2D eigenvalue weighted by Gasteiger charge is 2.52. The molecule has 0 spiro atoms. The molecule has 1 unspecified atom stereocenters. The topological polar surface area (TPSA) is 38.5 Å². The van der Waals surface area contributed by atoms with E-state index in [1.165, 1.54) is 24.3 Å². The summed E-state index contributed by atoms with van der Waals surface area (Å²) in [4.78, 5) is 14.0. The zero-order valence-corrected chi connectivity index (χ0v) is 17.2. The second-order valence-electron chi connectivity index (χ2n) is 7.27. The van der Waals surface area contributed by atoms with E-state index in [0.717, 1.165) is 17.9 Å². The zero-order chi connectivity index (χ0) is 21.0. The van der Waals surface area contributed by atoms with Gasteiger partial charge in [-0.3, -0.25) is 4.90 Å². The van der Waals surface area contributed by atoms with Crippen molar-refractivity contribution in [3.05, 3.63) is 114 Å². The van der Waals surface area contributed by atoms with Crippen LogP contribution in [0, 0.1) is 0 Å². The van der Waals surface area contributed by atoms with Gasteiger partial charge in [-0.2, -0.15) is 0 Å². The number of nitrogens with zero attached hydrogens (tertiary/aromatic N) is 1. The average molecular weight is 399 g/mol. The van der Waals surface area contributed by atoms with Crippen LogP contribution in [-0.4, -0.2) is 37.7 Å². The molecule has 2 atom stereocenters. The van der Waals surface area contributed by atoms with Crippen LogP contribution in [-0.2, 0) is 15.1 Å². The van der Waals surface area contributed by atoms with Gasteiger partial charge >= 0.3 is 5.97 Å². The Bertz CT molecular complexity index is 974. The van der Waals surface area contributed by atoms with E-state index in [9.17, 15) is 4.79 Å². The van der Waals surface area contributed by atoms with E-state index in [-0.39, 0.29) is 12.0 Å². The van der Waals surface area contributed by atoms with Crippen molar-refractivity contribution in [1.82, 2.24) is 4.90 Å². The van der Waals surface area contributed by atoms with Crippen molar-refractivity contribution in [2.24, 2.45) is 0 Å². The lowest BCUT2D eigenvalue weighted by Crippen LogP contribution is -2.38. The largest absolute Gasteiger partial charge is 0.497 e. The summed E-state index contributed by atoms with van der Waals surface area (Å²) in [6, 6.07) is 29.4. The monoisotopic (exact) mass is 399 g/mol. The first-order valence-electron chi connectivity index (χ1n) is 9.98.